The topological polar surface area (TPSA) is 39.1 Å². The number of aryl methyl sites for hydroxylation is 1. The molecule has 0 aliphatic carbocycles. The van der Waals surface area contributed by atoms with Crippen molar-refractivity contribution < 1.29 is 4.74 Å². The molecule has 3 aromatic rings. The summed E-state index contributed by atoms with van der Waals surface area (Å²) in [5.74, 6) is 1.73. The fraction of sp³-hybridized carbons (Fsp3) is 0.211. The zero-order chi connectivity index (χ0) is 16.1. The Morgan fingerprint density at radius 1 is 1.04 bits per heavy atom. The molecule has 0 aliphatic heterocycles. The van der Waals surface area contributed by atoms with E-state index in [1.165, 1.54) is 0 Å². The molecule has 1 unspecified atom stereocenters. The van der Waals surface area contributed by atoms with Crippen LogP contribution >= 0.6 is 0 Å². The number of ether oxygens (including phenoxy) is 1. The lowest BCUT2D eigenvalue weighted by Gasteiger charge is -2.16. The maximum absolute atomic E-state index is 6.00. The van der Waals surface area contributed by atoms with Crippen LogP contribution in [0.1, 0.15) is 24.2 Å². The molecule has 0 aliphatic rings. The van der Waals surface area contributed by atoms with Crippen LogP contribution in [0.4, 0.5) is 0 Å². The minimum absolute atomic E-state index is 0.215. The third kappa shape index (κ3) is 3.79. The lowest BCUT2D eigenvalue weighted by Crippen LogP contribution is -2.20. The highest BCUT2D eigenvalue weighted by Gasteiger charge is 2.10. The molecule has 1 atom stereocenters. The third-order valence-corrected chi connectivity index (χ3v) is 3.84. The summed E-state index contributed by atoms with van der Waals surface area (Å²) in [5, 5.41) is 7.75. The molecule has 0 amide bonds. The van der Waals surface area contributed by atoms with Crippen LogP contribution in [0.15, 0.2) is 66.9 Å². The highest BCUT2D eigenvalue weighted by molar-refractivity contribution is 5.37. The molecule has 0 fully saturated rings. The number of para-hydroxylation sites is 2. The molecule has 0 radical (unpaired) electrons. The number of nitrogens with one attached hydrogen (secondary N) is 1. The zero-order valence-electron chi connectivity index (χ0n) is 13.4. The van der Waals surface area contributed by atoms with Gasteiger partial charge in [-0.2, -0.15) is 5.10 Å². The van der Waals surface area contributed by atoms with Crippen molar-refractivity contribution in [2.24, 2.45) is 7.05 Å². The van der Waals surface area contributed by atoms with Crippen LogP contribution in [-0.2, 0) is 13.6 Å². The minimum Gasteiger partial charge on any atom is -0.457 e. The molecule has 1 aromatic heterocycles. The Labute approximate surface area is 136 Å². The fourth-order valence-electron chi connectivity index (χ4n) is 2.54. The number of hydrogen-bond donors (Lipinski definition) is 1. The van der Waals surface area contributed by atoms with Gasteiger partial charge in [-0.1, -0.05) is 36.4 Å². The molecule has 0 saturated heterocycles. The van der Waals surface area contributed by atoms with Gasteiger partial charge in [0.25, 0.3) is 0 Å². The summed E-state index contributed by atoms with van der Waals surface area (Å²) in [6.45, 7) is 2.87. The van der Waals surface area contributed by atoms with E-state index in [4.69, 9.17) is 4.74 Å². The Morgan fingerprint density at radius 2 is 1.78 bits per heavy atom. The van der Waals surface area contributed by atoms with Crippen LogP contribution in [0.3, 0.4) is 0 Å². The predicted molar refractivity (Wildman–Crippen MR) is 91.4 cm³/mol. The van der Waals surface area contributed by atoms with Gasteiger partial charge >= 0.3 is 0 Å². The van der Waals surface area contributed by atoms with Crippen molar-refractivity contribution in [1.82, 2.24) is 15.1 Å². The van der Waals surface area contributed by atoms with E-state index in [2.05, 4.69) is 23.4 Å². The fourth-order valence-corrected chi connectivity index (χ4v) is 2.54. The normalized spacial score (nSPS) is 12.1. The molecule has 0 spiro atoms. The van der Waals surface area contributed by atoms with Gasteiger partial charge in [-0.25, -0.2) is 0 Å². The number of hydrogen-bond acceptors (Lipinski definition) is 3. The first-order valence-corrected chi connectivity index (χ1v) is 7.76. The molecule has 4 nitrogen and oxygen atoms in total. The molecule has 118 valence electrons. The van der Waals surface area contributed by atoms with Gasteiger partial charge in [-0.15, -0.1) is 0 Å². The lowest BCUT2D eigenvalue weighted by molar-refractivity contribution is 0.465. The molecular weight excluding hydrogens is 286 g/mol. The highest BCUT2D eigenvalue weighted by Crippen LogP contribution is 2.25. The Hall–Kier alpha value is -2.59. The third-order valence-electron chi connectivity index (χ3n) is 3.84. The van der Waals surface area contributed by atoms with Gasteiger partial charge in [0, 0.05) is 31.4 Å². The van der Waals surface area contributed by atoms with Crippen molar-refractivity contribution >= 4 is 0 Å². The zero-order valence-corrected chi connectivity index (χ0v) is 13.4. The van der Waals surface area contributed by atoms with Crippen molar-refractivity contribution in [3.63, 3.8) is 0 Å². The van der Waals surface area contributed by atoms with Crippen LogP contribution in [0.2, 0.25) is 0 Å². The van der Waals surface area contributed by atoms with E-state index in [1.807, 2.05) is 72.5 Å². The van der Waals surface area contributed by atoms with E-state index in [0.29, 0.717) is 0 Å². The largest absolute Gasteiger partial charge is 0.457 e. The standard InChI is InChI=1S/C19H21N3O/c1-15(18-12-13-21-22(18)2)20-14-16-8-6-7-11-19(16)23-17-9-4-3-5-10-17/h3-13,15,20H,14H2,1-2H3. The lowest BCUT2D eigenvalue weighted by atomic mass is 10.1. The summed E-state index contributed by atoms with van der Waals surface area (Å²) in [5.41, 5.74) is 2.29. The van der Waals surface area contributed by atoms with Crippen molar-refractivity contribution in [1.29, 1.82) is 0 Å². The van der Waals surface area contributed by atoms with Gasteiger partial charge in [-0.3, -0.25) is 4.68 Å². The molecule has 1 N–H and O–H groups in total. The Kier molecular flexibility index (Phi) is 4.74. The quantitative estimate of drug-likeness (QED) is 0.746. The van der Waals surface area contributed by atoms with E-state index < -0.39 is 0 Å². The summed E-state index contributed by atoms with van der Waals surface area (Å²) in [7, 11) is 1.96. The molecule has 0 bridgehead atoms. The predicted octanol–water partition coefficient (Wildman–Crippen LogP) is 4.06. The maximum atomic E-state index is 6.00. The van der Waals surface area contributed by atoms with Gasteiger partial charge in [0.05, 0.1) is 5.69 Å². The molecular formula is C19H21N3O. The SMILES string of the molecule is CC(NCc1ccccc1Oc1ccccc1)c1ccnn1C. The van der Waals surface area contributed by atoms with Crippen LogP contribution in [0.25, 0.3) is 0 Å². The first kappa shape index (κ1) is 15.3. The van der Waals surface area contributed by atoms with Gasteiger partial charge in [0.1, 0.15) is 11.5 Å². The summed E-state index contributed by atoms with van der Waals surface area (Å²) in [6.07, 6.45) is 1.82. The Balaban J connectivity index is 1.70. The van der Waals surface area contributed by atoms with E-state index in [1.54, 1.807) is 0 Å². The second-order valence-corrected chi connectivity index (χ2v) is 5.51. The van der Waals surface area contributed by atoms with Gasteiger partial charge < -0.3 is 10.1 Å². The molecule has 0 saturated carbocycles. The molecule has 2 aromatic carbocycles. The molecule has 23 heavy (non-hydrogen) atoms. The Bertz CT molecular complexity index is 752. The van der Waals surface area contributed by atoms with Crippen LogP contribution in [0, 0.1) is 0 Å². The maximum Gasteiger partial charge on any atom is 0.131 e. The second-order valence-electron chi connectivity index (χ2n) is 5.51. The van der Waals surface area contributed by atoms with Gasteiger partial charge in [-0.05, 0) is 31.2 Å². The summed E-state index contributed by atoms with van der Waals surface area (Å²) >= 11 is 0. The van der Waals surface area contributed by atoms with Crippen molar-refractivity contribution in [3.8, 4) is 11.5 Å². The van der Waals surface area contributed by atoms with Crippen LogP contribution < -0.4 is 10.1 Å². The second kappa shape index (κ2) is 7.11. The van der Waals surface area contributed by atoms with E-state index in [0.717, 1.165) is 29.3 Å². The van der Waals surface area contributed by atoms with Crippen molar-refractivity contribution in [3.05, 3.63) is 78.1 Å². The monoisotopic (exact) mass is 307 g/mol. The minimum atomic E-state index is 0.215. The molecule has 4 heteroatoms. The first-order chi connectivity index (χ1) is 11.2. The van der Waals surface area contributed by atoms with Crippen LogP contribution in [-0.4, -0.2) is 9.78 Å². The van der Waals surface area contributed by atoms with Gasteiger partial charge in [0.2, 0.25) is 0 Å². The molecule has 3 rings (SSSR count). The van der Waals surface area contributed by atoms with Crippen molar-refractivity contribution in [2.45, 2.75) is 19.5 Å². The highest BCUT2D eigenvalue weighted by atomic mass is 16.5. The summed E-state index contributed by atoms with van der Waals surface area (Å²) in [4.78, 5) is 0. The average Bonchev–Trinajstić information content (AvgIpc) is 3.01. The van der Waals surface area contributed by atoms with Crippen LogP contribution in [0.5, 0.6) is 11.5 Å². The van der Waals surface area contributed by atoms with Crippen molar-refractivity contribution in [2.75, 3.05) is 0 Å². The number of nitrogens with zero attached hydrogens (tertiary/aromatic N) is 2. The number of benzene rings is 2. The Morgan fingerprint density at radius 3 is 2.52 bits per heavy atom. The van der Waals surface area contributed by atoms with Gasteiger partial charge in [0.15, 0.2) is 0 Å². The summed E-state index contributed by atoms with van der Waals surface area (Å²) < 4.78 is 7.89. The van der Waals surface area contributed by atoms with E-state index in [9.17, 15) is 0 Å². The summed E-state index contributed by atoms with van der Waals surface area (Å²) in [6, 6.07) is 20.2. The van der Waals surface area contributed by atoms with E-state index in [-0.39, 0.29) is 6.04 Å². The smallest absolute Gasteiger partial charge is 0.131 e. The number of rotatable bonds is 6. The number of aromatic nitrogens is 2. The first-order valence-electron chi connectivity index (χ1n) is 7.76. The molecule has 1 heterocycles. The van der Waals surface area contributed by atoms with E-state index >= 15 is 0 Å². The average molecular weight is 307 g/mol.